The second-order valence-electron chi connectivity index (χ2n) is 13.5. The van der Waals surface area contributed by atoms with Crippen molar-refractivity contribution in [2.75, 3.05) is 11.9 Å². The van der Waals surface area contributed by atoms with E-state index in [0.29, 0.717) is 42.5 Å². The van der Waals surface area contributed by atoms with Gasteiger partial charge in [0.05, 0.1) is 28.9 Å². The van der Waals surface area contributed by atoms with Gasteiger partial charge in [-0.2, -0.15) is 0 Å². The number of imide groups is 2. The molecule has 14 nitrogen and oxygen atoms in total. The number of anilines is 1. The van der Waals surface area contributed by atoms with Crippen LogP contribution >= 0.6 is 22.9 Å². The number of carbonyl (C=O) groups excluding carboxylic acids is 6. The number of carbonyl (C=O) groups is 6. The molecule has 3 N–H and O–H groups in total. The van der Waals surface area contributed by atoms with Crippen molar-refractivity contribution in [1.82, 2.24) is 30.3 Å². The summed E-state index contributed by atoms with van der Waals surface area (Å²) in [4.78, 5) is 83.8. The number of rotatable bonds is 11. The molecule has 4 aromatic rings. The molecule has 1 fully saturated rings. The average molecular weight is 769 g/mol. The Morgan fingerprint density at radius 3 is 2.48 bits per heavy atom. The predicted octanol–water partition coefficient (Wildman–Crippen LogP) is 4.91. The lowest BCUT2D eigenvalue weighted by Gasteiger charge is -2.27. The van der Waals surface area contributed by atoms with E-state index in [1.165, 1.54) is 12.1 Å². The highest BCUT2D eigenvalue weighted by atomic mass is 35.5. The quantitative estimate of drug-likeness (QED) is 0.142. The first-order chi connectivity index (χ1) is 25.9. The van der Waals surface area contributed by atoms with E-state index in [1.807, 2.05) is 35.8 Å². The van der Waals surface area contributed by atoms with E-state index in [4.69, 9.17) is 16.6 Å². The maximum absolute atomic E-state index is 13.3. The Kier molecular flexibility index (Phi) is 10.3. The summed E-state index contributed by atoms with van der Waals surface area (Å²) in [7, 11) is 0. The summed E-state index contributed by atoms with van der Waals surface area (Å²) in [5.74, 6) is -1.72. The number of nitrogens with one attached hydrogen (secondary N) is 3. The Bertz CT molecular complexity index is 2260. The Balaban J connectivity index is 0.935. The minimum absolute atomic E-state index is 0.0117. The molecule has 7 rings (SSSR count). The molecule has 16 heteroatoms. The molecule has 0 radical (unpaired) electrons. The molecule has 0 aliphatic carbocycles. The predicted molar refractivity (Wildman–Crippen MR) is 201 cm³/mol. The number of aryl methyl sites for hydroxylation is 2. The van der Waals surface area contributed by atoms with Crippen molar-refractivity contribution < 1.29 is 28.8 Å². The van der Waals surface area contributed by atoms with Gasteiger partial charge in [0.25, 0.3) is 11.8 Å². The third-order valence-electron chi connectivity index (χ3n) is 9.88. The maximum atomic E-state index is 13.3. The van der Waals surface area contributed by atoms with Gasteiger partial charge in [0.2, 0.25) is 23.6 Å². The lowest BCUT2D eigenvalue weighted by Crippen LogP contribution is -2.54. The fraction of sp³-hybridized carbons (Fsp3) is 0.342. The zero-order chi connectivity index (χ0) is 38.3. The van der Waals surface area contributed by atoms with Gasteiger partial charge >= 0.3 is 0 Å². The van der Waals surface area contributed by atoms with Crippen LogP contribution in [-0.2, 0) is 19.2 Å². The third-order valence-corrected chi connectivity index (χ3v) is 11.3. The van der Waals surface area contributed by atoms with Crippen LogP contribution in [0, 0.1) is 20.8 Å². The zero-order valence-electron chi connectivity index (χ0n) is 29.8. The first kappa shape index (κ1) is 36.8. The molecule has 2 atom stereocenters. The van der Waals surface area contributed by atoms with E-state index in [-0.39, 0.29) is 54.3 Å². The molecular weight excluding hydrogens is 732 g/mol. The molecule has 6 amide bonds. The molecule has 54 heavy (non-hydrogen) atoms. The molecule has 3 aliphatic heterocycles. The average Bonchev–Trinajstić information content (AvgIpc) is 3.71. The van der Waals surface area contributed by atoms with Crippen LogP contribution in [0.3, 0.4) is 0 Å². The van der Waals surface area contributed by atoms with Gasteiger partial charge in [-0.3, -0.25) is 48.5 Å². The van der Waals surface area contributed by atoms with Gasteiger partial charge in [0.15, 0.2) is 5.82 Å². The highest BCUT2D eigenvalue weighted by molar-refractivity contribution is 7.15. The van der Waals surface area contributed by atoms with Crippen molar-refractivity contribution in [1.29, 1.82) is 0 Å². The number of fused-ring (bicyclic) bond motifs is 4. The number of aromatic nitrogens is 3. The van der Waals surface area contributed by atoms with Gasteiger partial charge in [0.1, 0.15) is 22.9 Å². The fourth-order valence-corrected chi connectivity index (χ4v) is 8.37. The highest BCUT2D eigenvalue weighted by Gasteiger charge is 2.45. The first-order valence-electron chi connectivity index (χ1n) is 17.7. The standard InChI is InChI=1S/C38H37ClN8O6S/c1-19-20(2)54-38-31(19)33(22-11-13-23(39)14-12-22)42-26(34-45-44-21(3)46(34)38)18-30(50)40-17-6-4-5-10-28(48)41-25-9-7-8-24-32(25)37(53)47(36(24)52)27-15-16-29(49)43-35(27)51/h7-9,11-14,26-27H,4-6,10,15-18H2,1-3H3,(H,40,50)(H,41,48)(H,43,49,51)/t26-,27?/m0/s1. The number of hydrogen-bond donors (Lipinski definition) is 3. The number of thiophene rings is 1. The van der Waals surface area contributed by atoms with Crippen LogP contribution in [0.25, 0.3) is 5.00 Å². The molecule has 278 valence electrons. The van der Waals surface area contributed by atoms with Crippen LogP contribution in [0.1, 0.15) is 105 Å². The van der Waals surface area contributed by atoms with E-state index < -0.39 is 35.7 Å². The van der Waals surface area contributed by atoms with Crippen LogP contribution < -0.4 is 16.0 Å². The summed E-state index contributed by atoms with van der Waals surface area (Å²) in [6.45, 7) is 6.43. The van der Waals surface area contributed by atoms with E-state index in [0.717, 1.165) is 37.2 Å². The molecule has 2 aromatic heterocycles. The Morgan fingerprint density at radius 1 is 0.944 bits per heavy atom. The minimum Gasteiger partial charge on any atom is -0.356 e. The number of piperidine rings is 1. The number of halogens is 1. The SMILES string of the molecule is Cc1sc2c(c1C)C(c1ccc(Cl)cc1)=N[C@@H](CC(=O)NCCCCCC(=O)Nc1cccc3c1C(=O)N(C1CCC(=O)NC1=O)C3=O)c1nnc(C)n1-2. The summed E-state index contributed by atoms with van der Waals surface area (Å²) >= 11 is 7.85. The molecule has 0 saturated carbocycles. The van der Waals surface area contributed by atoms with Crippen LogP contribution in [0.5, 0.6) is 0 Å². The maximum Gasteiger partial charge on any atom is 0.264 e. The van der Waals surface area contributed by atoms with Crippen LogP contribution in [0.2, 0.25) is 5.02 Å². The molecule has 0 bridgehead atoms. The second kappa shape index (κ2) is 15.1. The molecule has 5 heterocycles. The van der Waals surface area contributed by atoms with Gasteiger partial charge in [-0.1, -0.05) is 36.2 Å². The van der Waals surface area contributed by atoms with Crippen molar-refractivity contribution in [3.63, 3.8) is 0 Å². The van der Waals surface area contributed by atoms with Crippen LogP contribution in [0.4, 0.5) is 5.69 Å². The zero-order valence-corrected chi connectivity index (χ0v) is 31.4. The number of unbranched alkanes of at least 4 members (excludes halogenated alkanes) is 2. The normalized spacial score (nSPS) is 17.7. The van der Waals surface area contributed by atoms with Gasteiger partial charge in [-0.25, -0.2) is 0 Å². The van der Waals surface area contributed by atoms with E-state index >= 15 is 0 Å². The Hall–Kier alpha value is -5.54. The van der Waals surface area contributed by atoms with Gasteiger partial charge in [0, 0.05) is 40.4 Å². The smallest absolute Gasteiger partial charge is 0.264 e. The third kappa shape index (κ3) is 6.96. The summed E-state index contributed by atoms with van der Waals surface area (Å²) in [5, 5.41) is 18.3. The number of hydrogen-bond acceptors (Lipinski definition) is 10. The molecule has 1 unspecified atom stereocenters. The van der Waals surface area contributed by atoms with E-state index in [9.17, 15) is 28.8 Å². The number of nitrogens with zero attached hydrogens (tertiary/aromatic N) is 5. The summed E-state index contributed by atoms with van der Waals surface area (Å²) in [6.07, 6.45) is 2.06. The van der Waals surface area contributed by atoms with Crippen molar-refractivity contribution in [3.8, 4) is 5.00 Å². The molecule has 1 saturated heterocycles. The summed E-state index contributed by atoms with van der Waals surface area (Å²) < 4.78 is 2.00. The monoisotopic (exact) mass is 768 g/mol. The summed E-state index contributed by atoms with van der Waals surface area (Å²) in [6, 6.07) is 10.4. The number of amides is 6. The number of aliphatic imine (C=N–C) groups is 1. The minimum atomic E-state index is -1.10. The first-order valence-corrected chi connectivity index (χ1v) is 18.9. The molecule has 0 spiro atoms. The molecular formula is C38H37ClN8O6S. The van der Waals surface area contributed by atoms with Crippen molar-refractivity contribution >= 4 is 69.8 Å². The van der Waals surface area contributed by atoms with Gasteiger partial charge in [-0.15, -0.1) is 21.5 Å². The largest absolute Gasteiger partial charge is 0.356 e. The Morgan fingerprint density at radius 2 is 1.72 bits per heavy atom. The van der Waals surface area contributed by atoms with E-state index in [2.05, 4.69) is 40.0 Å². The topological polar surface area (TPSA) is 185 Å². The lowest BCUT2D eigenvalue weighted by molar-refractivity contribution is -0.136. The van der Waals surface area contributed by atoms with Crippen molar-refractivity contribution in [2.24, 2.45) is 4.99 Å². The fourth-order valence-electron chi connectivity index (χ4n) is 7.03. The van der Waals surface area contributed by atoms with Crippen molar-refractivity contribution in [3.05, 3.63) is 91.8 Å². The lowest BCUT2D eigenvalue weighted by atomic mass is 9.99. The second-order valence-corrected chi connectivity index (χ2v) is 15.1. The highest BCUT2D eigenvalue weighted by Crippen LogP contribution is 2.40. The molecule has 2 aromatic carbocycles. The Labute approximate surface area is 319 Å². The van der Waals surface area contributed by atoms with Crippen molar-refractivity contribution in [2.45, 2.75) is 77.8 Å². The molecule has 3 aliphatic rings. The van der Waals surface area contributed by atoms with Gasteiger partial charge in [-0.05, 0) is 69.9 Å². The van der Waals surface area contributed by atoms with Crippen LogP contribution in [-0.4, -0.2) is 73.4 Å². The van der Waals surface area contributed by atoms with Crippen LogP contribution in [0.15, 0.2) is 47.5 Å². The van der Waals surface area contributed by atoms with Gasteiger partial charge < -0.3 is 10.6 Å². The number of benzene rings is 2. The summed E-state index contributed by atoms with van der Waals surface area (Å²) in [5.41, 5.74) is 4.05. The van der Waals surface area contributed by atoms with E-state index in [1.54, 1.807) is 17.4 Å².